The number of alkyl halides is 2. The van der Waals surface area contributed by atoms with Crippen LogP contribution < -0.4 is 11.0 Å². The van der Waals surface area contributed by atoms with Gasteiger partial charge in [-0.15, -0.1) is 0 Å². The van der Waals surface area contributed by atoms with Gasteiger partial charge in [-0.2, -0.15) is 4.98 Å². The van der Waals surface area contributed by atoms with Crippen LogP contribution >= 0.6 is 15.9 Å². The fourth-order valence-electron chi connectivity index (χ4n) is 2.74. The molecule has 0 saturated carbocycles. The minimum Gasteiger partial charge on any atom is -0.394 e. The lowest BCUT2D eigenvalue weighted by molar-refractivity contribution is -0.0454. The number of hydrogen-bond donors (Lipinski definition) is 2. The van der Waals surface area contributed by atoms with Crippen molar-refractivity contribution in [3.8, 4) is 0 Å². The van der Waals surface area contributed by atoms with Crippen LogP contribution in [0.1, 0.15) is 23.5 Å². The van der Waals surface area contributed by atoms with Crippen molar-refractivity contribution in [2.75, 3.05) is 11.9 Å². The summed E-state index contributed by atoms with van der Waals surface area (Å²) in [7, 11) is 0. The first-order valence-electron chi connectivity index (χ1n) is 7.94. The minimum absolute atomic E-state index is 0.0453. The first kappa shape index (κ1) is 18.7. The normalized spacial score (nSPS) is 28.1. The molecule has 9 heteroatoms. The lowest BCUT2D eigenvalue weighted by Crippen LogP contribution is -2.36. The molecule has 1 amide bonds. The summed E-state index contributed by atoms with van der Waals surface area (Å²) in [6, 6.07) is 9.84. The number of nitrogens with zero attached hydrogens (tertiary/aromatic N) is 2. The van der Waals surface area contributed by atoms with Crippen LogP contribution in [0.4, 0.5) is 10.2 Å². The number of carbonyl (C=O) groups excluding carboxylic acids is 1. The standard InChI is InChI=1S/C17H17BrFN3O4/c1-10-12(9-23)26-15(17(10,18)19)22-8-7-13(21-16(22)25)20-14(24)11-5-3-2-4-6-11/h2-8,10,12,15,23H,9H2,1H3,(H,20,21,24,25)/t10-,12+,15+,17?/m0/s1. The second-order valence-corrected chi connectivity index (χ2v) is 7.21. The molecule has 2 N–H and O–H groups in total. The Hall–Kier alpha value is -2.10. The summed E-state index contributed by atoms with van der Waals surface area (Å²) in [6.07, 6.45) is -0.745. The Morgan fingerprint density at radius 2 is 2.12 bits per heavy atom. The Morgan fingerprint density at radius 3 is 2.69 bits per heavy atom. The average molecular weight is 426 g/mol. The van der Waals surface area contributed by atoms with E-state index in [1.165, 1.54) is 12.3 Å². The quantitative estimate of drug-likeness (QED) is 0.731. The van der Waals surface area contributed by atoms with Crippen molar-refractivity contribution in [1.29, 1.82) is 0 Å². The van der Waals surface area contributed by atoms with Gasteiger partial charge in [0.1, 0.15) is 5.82 Å². The van der Waals surface area contributed by atoms with E-state index >= 15 is 0 Å². The van der Waals surface area contributed by atoms with Crippen molar-refractivity contribution in [3.05, 3.63) is 58.6 Å². The van der Waals surface area contributed by atoms with Crippen molar-refractivity contribution in [2.24, 2.45) is 5.92 Å². The zero-order valence-corrected chi connectivity index (χ0v) is 15.4. The van der Waals surface area contributed by atoms with E-state index in [-0.39, 0.29) is 12.4 Å². The third-order valence-electron chi connectivity index (χ3n) is 4.34. The molecule has 138 valence electrons. The number of rotatable bonds is 4. The summed E-state index contributed by atoms with van der Waals surface area (Å²) < 4.78 is 19.3. The predicted octanol–water partition coefficient (Wildman–Crippen LogP) is 2.08. The van der Waals surface area contributed by atoms with E-state index in [0.29, 0.717) is 5.56 Å². The molecule has 0 bridgehead atoms. The number of aromatic nitrogens is 2. The van der Waals surface area contributed by atoms with Gasteiger partial charge in [0.25, 0.3) is 5.91 Å². The molecule has 1 fully saturated rings. The highest BCUT2D eigenvalue weighted by Crippen LogP contribution is 2.49. The maximum absolute atomic E-state index is 14.9. The van der Waals surface area contributed by atoms with Gasteiger partial charge in [-0.05, 0) is 34.1 Å². The van der Waals surface area contributed by atoms with E-state index in [2.05, 4.69) is 26.2 Å². The third-order valence-corrected chi connectivity index (χ3v) is 5.45. The van der Waals surface area contributed by atoms with Crippen LogP contribution in [-0.2, 0) is 4.74 Å². The van der Waals surface area contributed by atoms with Crippen LogP contribution in [0.25, 0.3) is 0 Å². The van der Waals surface area contributed by atoms with Gasteiger partial charge >= 0.3 is 5.69 Å². The Bertz CT molecular complexity index is 859. The Labute approximate surface area is 157 Å². The van der Waals surface area contributed by atoms with Gasteiger partial charge in [0.05, 0.1) is 12.7 Å². The number of nitrogens with one attached hydrogen (secondary N) is 1. The summed E-state index contributed by atoms with van der Waals surface area (Å²) >= 11 is 2.96. The molecule has 1 aliphatic rings. The van der Waals surface area contributed by atoms with Gasteiger partial charge < -0.3 is 15.2 Å². The Kier molecular flexibility index (Phi) is 5.22. The molecule has 3 rings (SSSR count). The summed E-state index contributed by atoms with van der Waals surface area (Å²) in [5.74, 6) is -1.05. The van der Waals surface area contributed by atoms with Gasteiger partial charge in [0.15, 0.2) is 6.23 Å². The zero-order valence-electron chi connectivity index (χ0n) is 13.8. The highest BCUT2D eigenvalue weighted by atomic mass is 79.9. The molecule has 1 unspecified atom stereocenters. The van der Waals surface area contributed by atoms with Gasteiger partial charge in [-0.25, -0.2) is 9.18 Å². The molecule has 0 aliphatic carbocycles. The monoisotopic (exact) mass is 425 g/mol. The first-order valence-corrected chi connectivity index (χ1v) is 8.73. The maximum Gasteiger partial charge on any atom is 0.351 e. The van der Waals surface area contributed by atoms with Crippen LogP contribution in [-0.4, -0.2) is 37.9 Å². The number of aliphatic hydroxyl groups excluding tert-OH is 1. The van der Waals surface area contributed by atoms with Gasteiger partial charge in [0, 0.05) is 17.7 Å². The fourth-order valence-corrected chi connectivity index (χ4v) is 3.36. The molecule has 2 heterocycles. The van der Waals surface area contributed by atoms with Crippen LogP contribution in [0, 0.1) is 5.92 Å². The maximum atomic E-state index is 14.9. The number of benzene rings is 1. The molecule has 1 aromatic heterocycles. The highest BCUT2D eigenvalue weighted by Gasteiger charge is 2.55. The van der Waals surface area contributed by atoms with Gasteiger partial charge in [-0.1, -0.05) is 25.1 Å². The largest absolute Gasteiger partial charge is 0.394 e. The first-order chi connectivity index (χ1) is 12.3. The lowest BCUT2D eigenvalue weighted by Gasteiger charge is -2.23. The minimum atomic E-state index is -2.04. The zero-order chi connectivity index (χ0) is 18.9. The molecular formula is C17H17BrFN3O4. The molecule has 2 aromatic rings. The summed E-state index contributed by atoms with van der Waals surface area (Å²) in [5, 5.41) is 11.8. The van der Waals surface area contributed by atoms with E-state index in [1.807, 2.05) is 0 Å². The van der Waals surface area contributed by atoms with E-state index in [0.717, 1.165) is 4.57 Å². The van der Waals surface area contributed by atoms with Gasteiger partial charge in [-0.3, -0.25) is 9.36 Å². The van der Waals surface area contributed by atoms with Crippen molar-refractivity contribution >= 4 is 27.7 Å². The molecule has 26 heavy (non-hydrogen) atoms. The molecule has 0 radical (unpaired) electrons. The molecule has 0 spiro atoms. The van der Waals surface area contributed by atoms with E-state index < -0.39 is 34.4 Å². The van der Waals surface area contributed by atoms with Crippen LogP contribution in [0.15, 0.2) is 47.4 Å². The molecule has 1 aliphatic heterocycles. The fraction of sp³-hybridized carbons (Fsp3) is 0.353. The number of ether oxygens (including phenoxy) is 1. The number of carbonyl (C=O) groups is 1. The van der Waals surface area contributed by atoms with E-state index in [1.54, 1.807) is 37.3 Å². The van der Waals surface area contributed by atoms with Crippen molar-refractivity contribution < 1.29 is 19.0 Å². The summed E-state index contributed by atoms with van der Waals surface area (Å²) in [6.45, 7) is 1.20. The van der Waals surface area contributed by atoms with Crippen LogP contribution in [0.3, 0.4) is 0 Å². The lowest BCUT2D eigenvalue weighted by atomic mass is 10.0. The molecule has 1 saturated heterocycles. The topological polar surface area (TPSA) is 93.4 Å². The number of hydrogen-bond acceptors (Lipinski definition) is 5. The van der Waals surface area contributed by atoms with E-state index in [4.69, 9.17) is 4.74 Å². The van der Waals surface area contributed by atoms with Crippen LogP contribution in [0.2, 0.25) is 0 Å². The van der Waals surface area contributed by atoms with Crippen molar-refractivity contribution in [2.45, 2.75) is 23.8 Å². The molecule has 4 atom stereocenters. The smallest absolute Gasteiger partial charge is 0.351 e. The summed E-state index contributed by atoms with van der Waals surface area (Å²) in [4.78, 5) is 28.2. The van der Waals surface area contributed by atoms with Crippen molar-refractivity contribution in [1.82, 2.24) is 9.55 Å². The molecule has 7 nitrogen and oxygen atoms in total. The number of halogens is 2. The SMILES string of the molecule is C[C@H]1[C@@H](CO)O[C@@H](n2ccc(NC(=O)c3ccccc3)nc2=O)C1(F)Br. The van der Waals surface area contributed by atoms with E-state index in [9.17, 15) is 19.1 Å². The molecule has 1 aromatic carbocycles. The second kappa shape index (κ2) is 7.26. The number of anilines is 1. The molecular weight excluding hydrogens is 409 g/mol. The number of aliphatic hydroxyl groups is 1. The van der Waals surface area contributed by atoms with Crippen LogP contribution in [0.5, 0.6) is 0 Å². The predicted molar refractivity (Wildman–Crippen MR) is 95.8 cm³/mol. The third kappa shape index (κ3) is 3.42. The summed E-state index contributed by atoms with van der Waals surface area (Å²) in [5.41, 5.74) is -0.367. The highest BCUT2D eigenvalue weighted by molar-refractivity contribution is 9.10. The Morgan fingerprint density at radius 1 is 1.42 bits per heavy atom. The van der Waals surface area contributed by atoms with Crippen molar-refractivity contribution in [3.63, 3.8) is 0 Å². The Balaban J connectivity index is 1.82. The average Bonchev–Trinajstić information content (AvgIpc) is 2.85. The second-order valence-electron chi connectivity index (χ2n) is 6.00. The number of amides is 1. The van der Waals surface area contributed by atoms with Gasteiger partial charge in [0.2, 0.25) is 4.58 Å².